The fourth-order valence-corrected chi connectivity index (χ4v) is 0. The van der Waals surface area contributed by atoms with Crippen molar-refractivity contribution in [2.45, 2.75) is 0 Å². The number of hydrogen-bond donors (Lipinski definition) is 4. The van der Waals surface area contributed by atoms with Crippen molar-refractivity contribution < 1.29 is 29.4 Å². The van der Waals surface area contributed by atoms with E-state index in [0.717, 1.165) is 0 Å². The Bertz CT molecular complexity index is 69.1. The predicted octanol–water partition coefficient (Wildman–Crippen LogP) is 0.815. The van der Waals surface area contributed by atoms with Crippen LogP contribution in [0.2, 0.25) is 0 Å². The van der Waals surface area contributed by atoms with Gasteiger partial charge in [-0.2, -0.15) is 3.71 Å². The van der Waals surface area contributed by atoms with Crippen LogP contribution in [-0.4, -0.2) is 14.9 Å². The maximum atomic E-state index is 9.47. The van der Waals surface area contributed by atoms with Gasteiger partial charge in [0.1, 0.15) is 0 Å². The minimum absolute atomic E-state index is 0. The van der Waals surface area contributed by atoms with Crippen LogP contribution >= 0.6 is 25.6 Å². The predicted molar refractivity (Wildman–Crippen MR) is 32.9 cm³/mol. The first-order valence-electron chi connectivity index (χ1n) is 1.05. The Morgan fingerprint density at radius 1 is 1.50 bits per heavy atom. The molecule has 0 aromatic rings. The molecule has 0 atom stereocenters. The summed E-state index contributed by atoms with van der Waals surface area (Å²) in [6.07, 6.45) is -1.18. The van der Waals surface area contributed by atoms with Crippen LogP contribution in [0.4, 0.5) is 4.79 Å². The number of hydrogen-bond acceptors (Lipinski definition) is 4. The van der Waals surface area contributed by atoms with Crippen LogP contribution in [-0.2, 0) is 19.5 Å². The van der Waals surface area contributed by atoms with Crippen LogP contribution in [0.5, 0.6) is 0 Å². The van der Waals surface area contributed by atoms with Gasteiger partial charge in [0.15, 0.2) is 0 Å². The zero-order valence-corrected chi connectivity index (χ0v) is 8.87. The molecule has 0 spiro atoms. The zero-order chi connectivity index (χ0) is 5.15. The molecule has 0 fully saturated rings. The minimum Gasteiger partial charge on any atom is -0.464 e. The summed E-state index contributed by atoms with van der Waals surface area (Å²) in [4.78, 5) is 9.47. The maximum Gasteiger partial charge on any atom is 0.427 e. The quantitative estimate of drug-likeness (QED) is 0.351. The van der Waals surface area contributed by atoms with Crippen LogP contribution in [0.3, 0.4) is 0 Å². The molecule has 4 nitrogen and oxygen atoms in total. The molecule has 0 unspecified atom stereocenters. The Balaban J connectivity index is -0.000000125. The first-order valence-corrected chi connectivity index (χ1v) is 1.85. The summed E-state index contributed by atoms with van der Waals surface area (Å²) in [5.41, 5.74) is 0. The van der Waals surface area contributed by atoms with Crippen LogP contribution in [0.15, 0.2) is 0 Å². The van der Waals surface area contributed by atoms with Crippen molar-refractivity contribution in [3.63, 3.8) is 0 Å². The monoisotopic (exact) mass is 206 g/mol. The average Bonchev–Trinajstić information content (AvgIpc) is 1.36. The molecule has 0 rings (SSSR count). The second-order valence-corrected chi connectivity index (χ2v) is 1.69. The molecule has 0 aliphatic rings. The number of nitrogens with zero attached hydrogens (tertiary/aromatic N) is 1. The molecule has 0 bridgehead atoms. The van der Waals surface area contributed by atoms with Crippen molar-refractivity contribution in [2.24, 2.45) is 0 Å². The fraction of sp³-hybridized carbons (Fsp3) is 0. The number of rotatable bonds is 0. The second-order valence-electron chi connectivity index (χ2n) is 0.572. The number of carbonyl (C=O) groups is 1. The van der Waals surface area contributed by atoms with Gasteiger partial charge in [0.2, 0.25) is 0 Å². The van der Waals surface area contributed by atoms with Crippen LogP contribution in [0.25, 0.3) is 0 Å². The second kappa shape index (κ2) is 7.55. The SMILES string of the molecule is N.O=C(O)N(S)S.[Zn]. The van der Waals surface area contributed by atoms with Gasteiger partial charge in [-0.05, 0) is 25.6 Å². The molecule has 0 heterocycles. The van der Waals surface area contributed by atoms with Gasteiger partial charge in [-0.1, -0.05) is 0 Å². The van der Waals surface area contributed by atoms with E-state index in [0.29, 0.717) is 3.71 Å². The Labute approximate surface area is 71.1 Å². The zero-order valence-electron chi connectivity index (χ0n) is 4.11. The molecule has 0 saturated carbocycles. The van der Waals surface area contributed by atoms with Crippen LogP contribution < -0.4 is 6.15 Å². The van der Waals surface area contributed by atoms with E-state index in [9.17, 15) is 4.79 Å². The summed E-state index contributed by atoms with van der Waals surface area (Å²) < 4.78 is 0.472. The van der Waals surface area contributed by atoms with E-state index in [1.807, 2.05) is 0 Å². The summed E-state index contributed by atoms with van der Waals surface area (Å²) in [6, 6.07) is 0. The smallest absolute Gasteiger partial charge is 0.427 e. The molecular weight excluding hydrogens is 202 g/mol. The third kappa shape index (κ3) is 9.75. The van der Waals surface area contributed by atoms with Gasteiger partial charge in [0, 0.05) is 19.5 Å². The molecule has 8 heavy (non-hydrogen) atoms. The molecule has 46 valence electrons. The Kier molecular flexibility index (Phi) is 14.9. The van der Waals surface area contributed by atoms with Gasteiger partial charge in [-0.25, -0.2) is 4.79 Å². The summed E-state index contributed by atoms with van der Waals surface area (Å²) in [7, 11) is 0. The fourth-order valence-electron chi connectivity index (χ4n) is 0. The normalized spacial score (nSPS) is 5.75. The van der Waals surface area contributed by atoms with Crippen molar-refractivity contribution >= 4 is 31.7 Å². The standard InChI is InChI=1S/CH3NO2S2.H3N.Zn/c3-1(4)2(5)6;;/h5-6H,(H,3,4);1H3;. The van der Waals surface area contributed by atoms with Gasteiger partial charge in [0.05, 0.1) is 0 Å². The Morgan fingerprint density at radius 2 is 1.62 bits per heavy atom. The molecule has 4 N–H and O–H groups in total. The van der Waals surface area contributed by atoms with E-state index in [1.165, 1.54) is 0 Å². The van der Waals surface area contributed by atoms with Gasteiger partial charge in [-0.15, -0.1) is 0 Å². The van der Waals surface area contributed by atoms with Crippen molar-refractivity contribution in [2.75, 3.05) is 0 Å². The van der Waals surface area contributed by atoms with E-state index in [2.05, 4.69) is 25.6 Å². The molecule has 0 aromatic heterocycles. The molecule has 0 saturated heterocycles. The molecule has 1 amide bonds. The van der Waals surface area contributed by atoms with Gasteiger partial charge < -0.3 is 11.3 Å². The third-order valence-corrected chi connectivity index (χ3v) is 0.513. The molecule has 0 radical (unpaired) electrons. The summed E-state index contributed by atoms with van der Waals surface area (Å²) in [6.45, 7) is 0. The largest absolute Gasteiger partial charge is 0.464 e. The molecule has 7 heteroatoms. The third-order valence-electron chi connectivity index (χ3n) is 0.171. The average molecular weight is 208 g/mol. The Morgan fingerprint density at radius 3 is 1.62 bits per heavy atom. The van der Waals surface area contributed by atoms with Crippen molar-refractivity contribution in [1.82, 2.24) is 9.86 Å². The first-order chi connectivity index (χ1) is 2.64. The van der Waals surface area contributed by atoms with Crippen molar-refractivity contribution in [1.29, 1.82) is 0 Å². The molecule has 0 aliphatic heterocycles. The molecular formula is CH6N2O2S2Zn. The van der Waals surface area contributed by atoms with Crippen LogP contribution in [0, 0.1) is 0 Å². The molecule has 0 aromatic carbocycles. The first kappa shape index (κ1) is 15.8. The van der Waals surface area contributed by atoms with E-state index >= 15 is 0 Å². The topological polar surface area (TPSA) is 75.5 Å². The number of amides is 1. The summed E-state index contributed by atoms with van der Waals surface area (Å²) in [5, 5.41) is 7.76. The van der Waals surface area contributed by atoms with Crippen molar-refractivity contribution in [3.8, 4) is 0 Å². The van der Waals surface area contributed by atoms with E-state index < -0.39 is 6.09 Å². The van der Waals surface area contributed by atoms with E-state index in [4.69, 9.17) is 5.11 Å². The minimum atomic E-state index is -1.18. The van der Waals surface area contributed by atoms with E-state index in [1.54, 1.807) is 0 Å². The van der Waals surface area contributed by atoms with Crippen molar-refractivity contribution in [3.05, 3.63) is 0 Å². The van der Waals surface area contributed by atoms with Gasteiger partial charge >= 0.3 is 6.09 Å². The van der Waals surface area contributed by atoms with E-state index in [-0.39, 0.29) is 25.6 Å². The number of thiol groups is 2. The van der Waals surface area contributed by atoms with Crippen LogP contribution in [0.1, 0.15) is 0 Å². The summed E-state index contributed by atoms with van der Waals surface area (Å²) >= 11 is 6.58. The van der Waals surface area contributed by atoms with Gasteiger partial charge in [0.25, 0.3) is 0 Å². The Hall–Kier alpha value is 0.553. The molecule has 0 aliphatic carbocycles. The van der Waals surface area contributed by atoms with Gasteiger partial charge in [-0.3, -0.25) is 0 Å². The summed E-state index contributed by atoms with van der Waals surface area (Å²) in [5.74, 6) is 0. The maximum absolute atomic E-state index is 9.47. The number of carboxylic acid groups (broad SMARTS) is 1.